The van der Waals surface area contributed by atoms with Gasteiger partial charge in [-0.2, -0.15) is 4.68 Å². The number of tetrazole rings is 1. The van der Waals surface area contributed by atoms with Crippen molar-refractivity contribution < 1.29 is 9.59 Å². The van der Waals surface area contributed by atoms with E-state index in [1.165, 1.54) is 0 Å². The average molecular weight is 378 g/mol. The number of benzene rings is 2. The number of carbonyl (C=O) groups is 2. The summed E-state index contributed by atoms with van der Waals surface area (Å²) in [5, 5.41) is 17.3. The molecule has 0 aliphatic carbocycles. The molecule has 1 aromatic heterocycles. The molecule has 8 heteroatoms. The van der Waals surface area contributed by atoms with Crippen molar-refractivity contribution in [2.24, 2.45) is 5.92 Å². The zero-order chi connectivity index (χ0) is 19.9. The van der Waals surface area contributed by atoms with Crippen molar-refractivity contribution in [3.63, 3.8) is 0 Å². The SMILES string of the molecule is CCC(C)C(=O)Nc1cccc(C(=O)NCc2nnnn2-c2ccccc2)c1. The van der Waals surface area contributed by atoms with Crippen LogP contribution in [-0.2, 0) is 11.3 Å². The second-order valence-electron chi connectivity index (χ2n) is 6.40. The van der Waals surface area contributed by atoms with Crippen molar-refractivity contribution in [1.82, 2.24) is 25.5 Å². The predicted molar refractivity (Wildman–Crippen MR) is 105 cm³/mol. The summed E-state index contributed by atoms with van der Waals surface area (Å²) in [6, 6.07) is 16.3. The summed E-state index contributed by atoms with van der Waals surface area (Å²) in [5.74, 6) is 0.0828. The number of carbonyl (C=O) groups excluding carboxylic acids is 2. The highest BCUT2D eigenvalue weighted by atomic mass is 16.2. The van der Waals surface area contributed by atoms with Crippen molar-refractivity contribution in [2.45, 2.75) is 26.8 Å². The largest absolute Gasteiger partial charge is 0.345 e. The standard InChI is InChI=1S/C20H22N6O2/c1-3-14(2)19(27)22-16-9-7-8-15(12-16)20(28)21-13-18-23-24-25-26(18)17-10-5-4-6-11-17/h4-12,14H,3,13H2,1-2H3,(H,21,28)(H,22,27). The van der Waals surface area contributed by atoms with E-state index >= 15 is 0 Å². The predicted octanol–water partition coefficient (Wildman–Crippen LogP) is 2.58. The number of hydrogen-bond acceptors (Lipinski definition) is 5. The second kappa shape index (κ2) is 8.90. The molecule has 0 saturated carbocycles. The zero-order valence-electron chi connectivity index (χ0n) is 15.8. The summed E-state index contributed by atoms with van der Waals surface area (Å²) >= 11 is 0. The van der Waals surface area contributed by atoms with Crippen LogP contribution in [0.2, 0.25) is 0 Å². The number of amides is 2. The topological polar surface area (TPSA) is 102 Å². The van der Waals surface area contributed by atoms with Crippen LogP contribution in [0.3, 0.4) is 0 Å². The van der Waals surface area contributed by atoms with Crippen LogP contribution in [0, 0.1) is 5.92 Å². The molecule has 0 spiro atoms. The first kappa shape index (κ1) is 19.2. The van der Waals surface area contributed by atoms with E-state index in [2.05, 4.69) is 26.2 Å². The van der Waals surface area contributed by atoms with E-state index < -0.39 is 0 Å². The molecule has 144 valence electrons. The van der Waals surface area contributed by atoms with Crippen LogP contribution < -0.4 is 10.6 Å². The van der Waals surface area contributed by atoms with E-state index in [4.69, 9.17) is 0 Å². The first-order chi connectivity index (χ1) is 13.6. The highest BCUT2D eigenvalue weighted by molar-refractivity contribution is 5.97. The average Bonchev–Trinajstić information content (AvgIpc) is 3.20. The van der Waals surface area contributed by atoms with Gasteiger partial charge in [-0.05, 0) is 47.2 Å². The fourth-order valence-electron chi connectivity index (χ4n) is 2.54. The number of aromatic nitrogens is 4. The minimum Gasteiger partial charge on any atom is -0.345 e. The monoisotopic (exact) mass is 378 g/mol. The van der Waals surface area contributed by atoms with Crippen molar-refractivity contribution in [3.8, 4) is 5.69 Å². The molecule has 3 aromatic rings. The lowest BCUT2D eigenvalue weighted by atomic mass is 10.1. The molecule has 2 amide bonds. The highest BCUT2D eigenvalue weighted by Crippen LogP contribution is 2.13. The molecule has 0 fully saturated rings. The third-order valence-corrected chi connectivity index (χ3v) is 4.39. The molecule has 0 aliphatic rings. The summed E-state index contributed by atoms with van der Waals surface area (Å²) < 4.78 is 1.57. The molecule has 8 nitrogen and oxygen atoms in total. The molecule has 3 rings (SSSR count). The maximum atomic E-state index is 12.5. The maximum Gasteiger partial charge on any atom is 0.251 e. The lowest BCUT2D eigenvalue weighted by molar-refractivity contribution is -0.119. The number of nitrogens with zero attached hydrogens (tertiary/aromatic N) is 4. The Bertz CT molecular complexity index is 954. The summed E-state index contributed by atoms with van der Waals surface area (Å²) in [6.07, 6.45) is 0.752. The smallest absolute Gasteiger partial charge is 0.251 e. The number of nitrogens with one attached hydrogen (secondary N) is 2. The van der Waals surface area contributed by atoms with Crippen LogP contribution in [0.15, 0.2) is 54.6 Å². The van der Waals surface area contributed by atoms with Gasteiger partial charge in [0.2, 0.25) is 5.91 Å². The molecule has 2 N–H and O–H groups in total. The molecular weight excluding hydrogens is 356 g/mol. The zero-order valence-corrected chi connectivity index (χ0v) is 15.8. The van der Waals surface area contributed by atoms with Gasteiger partial charge in [0.05, 0.1) is 12.2 Å². The summed E-state index contributed by atoms with van der Waals surface area (Å²) in [4.78, 5) is 24.6. The molecular formula is C20H22N6O2. The number of rotatable bonds is 7. The molecule has 0 bridgehead atoms. The van der Waals surface area contributed by atoms with Gasteiger partial charge in [-0.3, -0.25) is 9.59 Å². The lowest BCUT2D eigenvalue weighted by Crippen LogP contribution is -2.25. The van der Waals surface area contributed by atoms with Gasteiger partial charge < -0.3 is 10.6 Å². The Balaban J connectivity index is 1.66. The quantitative estimate of drug-likeness (QED) is 0.658. The van der Waals surface area contributed by atoms with Crippen molar-refractivity contribution in [1.29, 1.82) is 0 Å². The van der Waals surface area contributed by atoms with E-state index in [1.54, 1.807) is 28.9 Å². The number of para-hydroxylation sites is 1. The van der Waals surface area contributed by atoms with Gasteiger partial charge in [0.25, 0.3) is 5.91 Å². The summed E-state index contributed by atoms with van der Waals surface area (Å²) in [6.45, 7) is 3.99. The summed E-state index contributed by atoms with van der Waals surface area (Å²) in [7, 11) is 0. The Labute approximate surface area is 163 Å². The minimum atomic E-state index is -0.276. The van der Waals surface area contributed by atoms with Gasteiger partial charge in [0, 0.05) is 17.2 Å². The Hall–Kier alpha value is -3.55. The fraction of sp³-hybridized carbons (Fsp3) is 0.250. The number of anilines is 1. The van der Waals surface area contributed by atoms with E-state index in [0.717, 1.165) is 12.1 Å². The van der Waals surface area contributed by atoms with E-state index in [-0.39, 0.29) is 24.3 Å². The second-order valence-corrected chi connectivity index (χ2v) is 6.40. The molecule has 28 heavy (non-hydrogen) atoms. The summed E-state index contributed by atoms with van der Waals surface area (Å²) in [5.41, 5.74) is 1.85. The van der Waals surface area contributed by atoms with Crippen LogP contribution in [0.1, 0.15) is 36.5 Å². The first-order valence-corrected chi connectivity index (χ1v) is 9.10. The van der Waals surface area contributed by atoms with Gasteiger partial charge in [-0.1, -0.05) is 38.1 Å². The van der Waals surface area contributed by atoms with Crippen LogP contribution >= 0.6 is 0 Å². The van der Waals surface area contributed by atoms with Gasteiger partial charge in [-0.15, -0.1) is 5.10 Å². The molecule has 0 radical (unpaired) electrons. The number of hydrogen-bond donors (Lipinski definition) is 2. The highest BCUT2D eigenvalue weighted by Gasteiger charge is 2.13. The van der Waals surface area contributed by atoms with E-state index in [1.807, 2.05) is 44.2 Å². The molecule has 2 aromatic carbocycles. The molecule has 0 aliphatic heterocycles. The Morgan fingerprint density at radius 2 is 1.89 bits per heavy atom. The first-order valence-electron chi connectivity index (χ1n) is 9.10. The van der Waals surface area contributed by atoms with Crippen molar-refractivity contribution in [2.75, 3.05) is 5.32 Å². The Morgan fingerprint density at radius 1 is 1.11 bits per heavy atom. The van der Waals surface area contributed by atoms with Gasteiger partial charge in [-0.25, -0.2) is 0 Å². The van der Waals surface area contributed by atoms with Crippen LogP contribution in [0.4, 0.5) is 5.69 Å². The third-order valence-electron chi connectivity index (χ3n) is 4.39. The van der Waals surface area contributed by atoms with Gasteiger partial charge in [0.15, 0.2) is 5.82 Å². The van der Waals surface area contributed by atoms with Gasteiger partial charge in [0.1, 0.15) is 0 Å². The molecule has 1 atom stereocenters. The molecule has 1 heterocycles. The van der Waals surface area contributed by atoms with E-state index in [0.29, 0.717) is 17.1 Å². The van der Waals surface area contributed by atoms with Crippen molar-refractivity contribution >= 4 is 17.5 Å². The van der Waals surface area contributed by atoms with E-state index in [9.17, 15) is 9.59 Å². The molecule has 0 saturated heterocycles. The van der Waals surface area contributed by atoms with Crippen LogP contribution in [0.25, 0.3) is 5.69 Å². The molecule has 1 unspecified atom stereocenters. The normalized spacial score (nSPS) is 11.6. The van der Waals surface area contributed by atoms with Gasteiger partial charge >= 0.3 is 0 Å². The van der Waals surface area contributed by atoms with Crippen LogP contribution in [0.5, 0.6) is 0 Å². The fourth-order valence-corrected chi connectivity index (χ4v) is 2.54. The maximum absolute atomic E-state index is 12.5. The lowest BCUT2D eigenvalue weighted by Gasteiger charge is -2.11. The van der Waals surface area contributed by atoms with Crippen molar-refractivity contribution in [3.05, 3.63) is 66.0 Å². The third kappa shape index (κ3) is 4.59. The Kier molecular flexibility index (Phi) is 6.11. The Morgan fingerprint density at radius 3 is 2.64 bits per heavy atom. The minimum absolute atomic E-state index is 0.0675. The van der Waals surface area contributed by atoms with Crippen LogP contribution in [-0.4, -0.2) is 32.0 Å².